The molecule has 0 saturated heterocycles. The molecule has 2 amide bonds. The largest absolute Gasteiger partial charge is 0.445 e. The SMILES string of the molecule is CNC(=O)C[C@H](CSc1ccccc1)NC(=O)OCc1ccccc1. The Bertz CT molecular complexity index is 665. The molecule has 0 aromatic heterocycles. The lowest BCUT2D eigenvalue weighted by Gasteiger charge is -2.17. The molecule has 132 valence electrons. The molecule has 0 heterocycles. The van der Waals surface area contributed by atoms with Crippen LogP contribution in [0.15, 0.2) is 65.6 Å². The average molecular weight is 358 g/mol. The van der Waals surface area contributed by atoms with Gasteiger partial charge in [-0.2, -0.15) is 0 Å². The van der Waals surface area contributed by atoms with Crippen molar-refractivity contribution in [3.8, 4) is 0 Å². The zero-order chi connectivity index (χ0) is 17.9. The van der Waals surface area contributed by atoms with Crippen molar-refractivity contribution in [3.63, 3.8) is 0 Å². The second kappa shape index (κ2) is 10.4. The Labute approximate surface area is 152 Å². The summed E-state index contributed by atoms with van der Waals surface area (Å²) in [6.45, 7) is 0.200. The number of amides is 2. The molecule has 2 aromatic carbocycles. The number of nitrogens with one attached hydrogen (secondary N) is 2. The number of carbonyl (C=O) groups is 2. The summed E-state index contributed by atoms with van der Waals surface area (Å²) in [6.07, 6.45) is -0.317. The predicted octanol–water partition coefficient (Wildman–Crippen LogP) is 3.21. The number of benzene rings is 2. The van der Waals surface area contributed by atoms with Gasteiger partial charge in [0.05, 0.1) is 6.04 Å². The lowest BCUT2D eigenvalue weighted by molar-refractivity contribution is -0.120. The van der Waals surface area contributed by atoms with E-state index in [2.05, 4.69) is 10.6 Å². The predicted molar refractivity (Wildman–Crippen MR) is 99.4 cm³/mol. The van der Waals surface area contributed by atoms with Gasteiger partial charge in [0.25, 0.3) is 0 Å². The number of rotatable bonds is 8. The van der Waals surface area contributed by atoms with Crippen LogP contribution in [0.1, 0.15) is 12.0 Å². The topological polar surface area (TPSA) is 67.4 Å². The Kier molecular flexibility index (Phi) is 7.85. The minimum Gasteiger partial charge on any atom is -0.445 e. The van der Waals surface area contributed by atoms with E-state index in [-0.39, 0.29) is 25.0 Å². The second-order valence-electron chi connectivity index (χ2n) is 5.40. The first-order chi connectivity index (χ1) is 12.2. The molecule has 0 spiro atoms. The van der Waals surface area contributed by atoms with Crippen molar-refractivity contribution >= 4 is 23.8 Å². The first kappa shape index (κ1) is 18.9. The summed E-state index contributed by atoms with van der Waals surface area (Å²) < 4.78 is 5.23. The molecule has 0 aliphatic rings. The maximum Gasteiger partial charge on any atom is 0.407 e. The van der Waals surface area contributed by atoms with Crippen LogP contribution < -0.4 is 10.6 Å². The maximum absolute atomic E-state index is 12.0. The second-order valence-corrected chi connectivity index (χ2v) is 6.50. The van der Waals surface area contributed by atoms with Crippen molar-refractivity contribution < 1.29 is 14.3 Å². The summed E-state index contributed by atoms with van der Waals surface area (Å²) in [5, 5.41) is 5.36. The molecule has 0 saturated carbocycles. The van der Waals surface area contributed by atoms with E-state index >= 15 is 0 Å². The van der Waals surface area contributed by atoms with Crippen LogP contribution in [0, 0.1) is 0 Å². The number of carbonyl (C=O) groups excluding carboxylic acids is 2. The van der Waals surface area contributed by atoms with Gasteiger partial charge in [0.2, 0.25) is 5.91 Å². The van der Waals surface area contributed by atoms with E-state index in [1.54, 1.807) is 18.8 Å². The normalized spacial score (nSPS) is 11.4. The van der Waals surface area contributed by atoms with Crippen LogP contribution in [0.5, 0.6) is 0 Å². The van der Waals surface area contributed by atoms with Crippen LogP contribution in [-0.2, 0) is 16.1 Å². The molecule has 0 fully saturated rings. The summed E-state index contributed by atoms with van der Waals surface area (Å²) in [7, 11) is 1.58. The standard InChI is InChI=1S/C19H22N2O3S/c1-20-18(22)12-16(14-25-17-10-6-3-7-11-17)21-19(23)24-13-15-8-4-2-5-9-15/h2-11,16H,12-14H2,1H3,(H,20,22)(H,21,23)/t16-/m1/s1. The molecule has 2 N–H and O–H groups in total. The van der Waals surface area contributed by atoms with Crippen molar-refractivity contribution in [1.29, 1.82) is 0 Å². The smallest absolute Gasteiger partial charge is 0.407 e. The fourth-order valence-electron chi connectivity index (χ4n) is 2.12. The molecular weight excluding hydrogens is 336 g/mol. The van der Waals surface area contributed by atoms with E-state index in [1.807, 2.05) is 60.7 Å². The van der Waals surface area contributed by atoms with Crippen LogP contribution in [-0.4, -0.2) is 30.8 Å². The Hall–Kier alpha value is -2.47. The molecule has 6 heteroatoms. The maximum atomic E-state index is 12.0. The van der Waals surface area contributed by atoms with E-state index in [9.17, 15) is 9.59 Å². The van der Waals surface area contributed by atoms with E-state index in [4.69, 9.17) is 4.74 Å². The number of thioether (sulfide) groups is 1. The lowest BCUT2D eigenvalue weighted by Crippen LogP contribution is -2.40. The van der Waals surface area contributed by atoms with Crippen molar-refractivity contribution in [2.24, 2.45) is 0 Å². The summed E-state index contributed by atoms with van der Waals surface area (Å²) in [4.78, 5) is 24.8. The highest BCUT2D eigenvalue weighted by atomic mass is 32.2. The Balaban J connectivity index is 1.85. The Morgan fingerprint density at radius 2 is 1.68 bits per heavy atom. The minimum absolute atomic E-state index is 0.123. The van der Waals surface area contributed by atoms with Crippen LogP contribution in [0.3, 0.4) is 0 Å². The van der Waals surface area contributed by atoms with Gasteiger partial charge in [-0.25, -0.2) is 4.79 Å². The van der Waals surface area contributed by atoms with Crippen molar-refractivity contribution in [3.05, 3.63) is 66.2 Å². The summed E-state index contributed by atoms with van der Waals surface area (Å²) in [5.74, 6) is 0.458. The first-order valence-electron chi connectivity index (χ1n) is 8.03. The molecular formula is C19H22N2O3S. The summed E-state index contributed by atoms with van der Waals surface area (Å²) in [6, 6.07) is 19.0. The fourth-order valence-corrected chi connectivity index (χ4v) is 3.07. The highest BCUT2D eigenvalue weighted by molar-refractivity contribution is 7.99. The van der Waals surface area contributed by atoms with Gasteiger partial charge in [0.1, 0.15) is 6.61 Å². The highest BCUT2D eigenvalue weighted by Gasteiger charge is 2.17. The molecule has 2 aromatic rings. The van der Waals surface area contributed by atoms with Gasteiger partial charge in [0.15, 0.2) is 0 Å². The van der Waals surface area contributed by atoms with Crippen LogP contribution >= 0.6 is 11.8 Å². The first-order valence-corrected chi connectivity index (χ1v) is 9.01. The van der Waals surface area contributed by atoms with Gasteiger partial charge >= 0.3 is 6.09 Å². The van der Waals surface area contributed by atoms with Crippen molar-refractivity contribution in [2.45, 2.75) is 24.0 Å². The molecule has 1 atom stereocenters. The zero-order valence-corrected chi connectivity index (χ0v) is 14.9. The zero-order valence-electron chi connectivity index (χ0n) is 14.1. The monoisotopic (exact) mass is 358 g/mol. The Morgan fingerprint density at radius 1 is 1.04 bits per heavy atom. The highest BCUT2D eigenvalue weighted by Crippen LogP contribution is 2.19. The molecule has 0 bridgehead atoms. The third-order valence-corrected chi connectivity index (χ3v) is 4.61. The Morgan fingerprint density at radius 3 is 2.32 bits per heavy atom. The van der Waals surface area contributed by atoms with Gasteiger partial charge in [-0.1, -0.05) is 48.5 Å². The van der Waals surface area contributed by atoms with Gasteiger partial charge in [-0.15, -0.1) is 11.8 Å². The van der Waals surface area contributed by atoms with E-state index in [0.29, 0.717) is 5.75 Å². The third-order valence-electron chi connectivity index (χ3n) is 3.44. The van der Waals surface area contributed by atoms with Crippen LogP contribution in [0.2, 0.25) is 0 Å². The summed E-state index contributed by atoms with van der Waals surface area (Å²) >= 11 is 1.59. The molecule has 0 radical (unpaired) electrons. The number of alkyl carbamates (subject to hydrolysis) is 1. The minimum atomic E-state index is -0.522. The number of hydrogen-bond donors (Lipinski definition) is 2. The summed E-state index contributed by atoms with van der Waals surface area (Å²) in [5.41, 5.74) is 0.916. The van der Waals surface area contributed by atoms with E-state index < -0.39 is 6.09 Å². The van der Waals surface area contributed by atoms with Gasteiger partial charge in [-0.3, -0.25) is 4.79 Å². The molecule has 0 aliphatic heterocycles. The van der Waals surface area contributed by atoms with Gasteiger partial charge in [0, 0.05) is 24.1 Å². The molecule has 0 aliphatic carbocycles. The number of ether oxygens (including phenoxy) is 1. The molecule has 25 heavy (non-hydrogen) atoms. The van der Waals surface area contributed by atoms with Crippen molar-refractivity contribution in [2.75, 3.05) is 12.8 Å². The fraction of sp³-hybridized carbons (Fsp3) is 0.263. The average Bonchev–Trinajstić information content (AvgIpc) is 2.66. The lowest BCUT2D eigenvalue weighted by atomic mass is 10.2. The number of hydrogen-bond acceptors (Lipinski definition) is 4. The van der Waals surface area contributed by atoms with Gasteiger partial charge < -0.3 is 15.4 Å². The third kappa shape index (κ3) is 7.30. The van der Waals surface area contributed by atoms with Crippen LogP contribution in [0.4, 0.5) is 4.79 Å². The molecule has 0 unspecified atom stereocenters. The van der Waals surface area contributed by atoms with Gasteiger partial charge in [-0.05, 0) is 17.7 Å². The molecule has 2 rings (SSSR count). The molecule has 5 nitrogen and oxygen atoms in total. The van der Waals surface area contributed by atoms with Crippen molar-refractivity contribution in [1.82, 2.24) is 10.6 Å². The van der Waals surface area contributed by atoms with Crippen LogP contribution in [0.25, 0.3) is 0 Å². The van der Waals surface area contributed by atoms with E-state index in [1.165, 1.54) is 0 Å². The quantitative estimate of drug-likeness (QED) is 0.711. The van der Waals surface area contributed by atoms with E-state index in [0.717, 1.165) is 10.5 Å².